The van der Waals surface area contributed by atoms with Crippen molar-refractivity contribution in [1.29, 1.82) is 0 Å². The summed E-state index contributed by atoms with van der Waals surface area (Å²) in [6.45, 7) is 2.60. The first-order valence-corrected chi connectivity index (χ1v) is 8.30. The van der Waals surface area contributed by atoms with Gasteiger partial charge in [0, 0.05) is 24.3 Å². The third-order valence-electron chi connectivity index (χ3n) is 2.73. The van der Waals surface area contributed by atoms with Crippen LogP contribution in [0.1, 0.15) is 10.7 Å². The fraction of sp³-hybridized carbons (Fsp3) is 0.333. The zero-order chi connectivity index (χ0) is 14.8. The van der Waals surface area contributed by atoms with Gasteiger partial charge in [-0.05, 0) is 26.1 Å². The zero-order valence-corrected chi connectivity index (χ0v) is 13.1. The number of hydrogen-bond acceptors (Lipinski definition) is 6. The first-order valence-electron chi connectivity index (χ1n) is 5.94. The van der Waals surface area contributed by atoms with Crippen molar-refractivity contribution in [3.8, 4) is 0 Å². The Kier molecular flexibility index (Phi) is 4.36. The number of nitrogens with one attached hydrogen (secondary N) is 1. The molecule has 0 aliphatic rings. The first kappa shape index (κ1) is 14.9. The molecule has 0 amide bonds. The summed E-state index contributed by atoms with van der Waals surface area (Å²) in [5, 5.41) is 3.00. The van der Waals surface area contributed by atoms with Gasteiger partial charge in [-0.15, -0.1) is 11.3 Å². The molecule has 0 radical (unpaired) electrons. The Morgan fingerprint density at radius 1 is 1.40 bits per heavy atom. The van der Waals surface area contributed by atoms with Gasteiger partial charge in [0.2, 0.25) is 10.0 Å². The van der Waals surface area contributed by atoms with Gasteiger partial charge in [-0.1, -0.05) is 0 Å². The van der Waals surface area contributed by atoms with Crippen LogP contribution in [0.3, 0.4) is 0 Å². The highest BCUT2D eigenvalue weighted by molar-refractivity contribution is 7.89. The van der Waals surface area contributed by atoms with E-state index in [0.29, 0.717) is 12.4 Å². The van der Waals surface area contributed by atoms with Crippen LogP contribution in [0.25, 0.3) is 0 Å². The summed E-state index contributed by atoms with van der Waals surface area (Å²) in [6.07, 6.45) is 1.35. The van der Waals surface area contributed by atoms with Crippen LogP contribution in [-0.4, -0.2) is 32.5 Å². The van der Waals surface area contributed by atoms with Gasteiger partial charge in [-0.3, -0.25) is 0 Å². The molecule has 0 aliphatic carbocycles. The third-order valence-corrected chi connectivity index (χ3v) is 5.08. The summed E-state index contributed by atoms with van der Waals surface area (Å²) >= 11 is 1.60. The van der Waals surface area contributed by atoms with E-state index in [0.717, 1.165) is 10.7 Å². The topological polar surface area (TPSA) is 75.2 Å². The highest BCUT2D eigenvalue weighted by atomic mass is 32.2. The van der Waals surface area contributed by atoms with E-state index < -0.39 is 10.0 Å². The molecule has 0 saturated heterocycles. The summed E-state index contributed by atoms with van der Waals surface area (Å²) in [5.74, 6) is 0.702. The Morgan fingerprint density at radius 3 is 2.65 bits per heavy atom. The van der Waals surface area contributed by atoms with Gasteiger partial charge in [0.15, 0.2) is 0 Å². The second kappa shape index (κ2) is 5.86. The highest BCUT2D eigenvalue weighted by Gasteiger charge is 2.13. The molecule has 0 fully saturated rings. The van der Waals surface area contributed by atoms with E-state index in [-0.39, 0.29) is 4.90 Å². The van der Waals surface area contributed by atoms with Crippen LogP contribution in [0.4, 0.5) is 5.82 Å². The predicted octanol–water partition coefficient (Wildman–Crippen LogP) is 1.39. The number of nitrogens with zero attached hydrogens (tertiary/aromatic N) is 3. The van der Waals surface area contributed by atoms with Crippen molar-refractivity contribution in [3.05, 3.63) is 34.4 Å². The van der Waals surface area contributed by atoms with Crippen molar-refractivity contribution in [2.45, 2.75) is 18.4 Å². The Morgan fingerprint density at radius 2 is 2.15 bits per heavy atom. The Bertz CT molecular complexity index is 680. The Labute approximate surface area is 122 Å². The molecule has 0 aromatic carbocycles. The van der Waals surface area contributed by atoms with Gasteiger partial charge in [-0.25, -0.2) is 23.1 Å². The number of anilines is 1. The van der Waals surface area contributed by atoms with E-state index >= 15 is 0 Å². The van der Waals surface area contributed by atoms with Crippen LogP contribution in [0, 0.1) is 6.92 Å². The lowest BCUT2D eigenvalue weighted by Crippen LogP contribution is -2.20. The summed E-state index contributed by atoms with van der Waals surface area (Å²) in [7, 11) is -0.168. The van der Waals surface area contributed by atoms with E-state index in [9.17, 15) is 8.42 Å². The maximum atomic E-state index is 11.6. The number of hydrogen-bond donors (Lipinski definition) is 1. The molecule has 20 heavy (non-hydrogen) atoms. The third kappa shape index (κ3) is 3.33. The van der Waals surface area contributed by atoms with Gasteiger partial charge >= 0.3 is 0 Å². The Hall–Kier alpha value is -1.51. The fourth-order valence-electron chi connectivity index (χ4n) is 1.63. The summed E-state index contributed by atoms with van der Waals surface area (Å²) < 4.78 is 25.5. The SMILES string of the molecule is CNS(=O)(=O)c1ccc(N(C)Cc2nc(C)cs2)nc1. The van der Waals surface area contributed by atoms with E-state index in [2.05, 4.69) is 14.7 Å². The number of thiazole rings is 1. The van der Waals surface area contributed by atoms with Crippen molar-refractivity contribution in [2.24, 2.45) is 0 Å². The minimum Gasteiger partial charge on any atom is -0.353 e. The van der Waals surface area contributed by atoms with Crippen molar-refractivity contribution in [1.82, 2.24) is 14.7 Å². The van der Waals surface area contributed by atoms with E-state index in [1.807, 2.05) is 24.3 Å². The normalized spacial score (nSPS) is 11.6. The molecule has 8 heteroatoms. The number of aromatic nitrogens is 2. The quantitative estimate of drug-likeness (QED) is 0.903. The molecular weight excluding hydrogens is 296 g/mol. The minimum atomic E-state index is -3.44. The standard InChI is InChI=1S/C12H16N4O2S2/c1-9-8-19-12(15-9)7-16(3)11-5-4-10(6-14-11)20(17,18)13-2/h4-6,8,13H,7H2,1-3H3. The Balaban J connectivity index is 2.13. The van der Waals surface area contributed by atoms with Crippen molar-refractivity contribution >= 4 is 27.2 Å². The first-order chi connectivity index (χ1) is 9.42. The molecule has 2 aromatic heterocycles. The number of pyridine rings is 1. The van der Waals surface area contributed by atoms with Gasteiger partial charge in [0.1, 0.15) is 15.7 Å². The smallest absolute Gasteiger partial charge is 0.241 e. The molecule has 0 unspecified atom stereocenters. The molecule has 108 valence electrons. The van der Waals surface area contributed by atoms with Crippen molar-refractivity contribution in [3.63, 3.8) is 0 Å². The van der Waals surface area contributed by atoms with Crippen LogP contribution in [-0.2, 0) is 16.6 Å². The average Bonchev–Trinajstić information content (AvgIpc) is 2.84. The van der Waals surface area contributed by atoms with E-state index in [1.165, 1.54) is 19.3 Å². The van der Waals surface area contributed by atoms with Gasteiger partial charge in [0.25, 0.3) is 0 Å². The van der Waals surface area contributed by atoms with Crippen LogP contribution in [0.5, 0.6) is 0 Å². The molecule has 0 aliphatic heterocycles. The maximum absolute atomic E-state index is 11.6. The van der Waals surface area contributed by atoms with Crippen molar-refractivity contribution in [2.75, 3.05) is 19.0 Å². The average molecular weight is 312 g/mol. The maximum Gasteiger partial charge on any atom is 0.241 e. The van der Waals surface area contributed by atoms with Gasteiger partial charge < -0.3 is 4.90 Å². The van der Waals surface area contributed by atoms with E-state index in [1.54, 1.807) is 17.4 Å². The summed E-state index contributed by atoms with van der Waals surface area (Å²) in [5.41, 5.74) is 1.00. The molecule has 0 spiro atoms. The lowest BCUT2D eigenvalue weighted by Gasteiger charge is -2.16. The van der Waals surface area contributed by atoms with Gasteiger partial charge in [0.05, 0.1) is 6.54 Å². The number of aryl methyl sites for hydroxylation is 1. The molecule has 6 nitrogen and oxygen atoms in total. The second-order valence-corrected chi connectivity index (χ2v) is 7.13. The minimum absolute atomic E-state index is 0.155. The van der Waals surface area contributed by atoms with E-state index in [4.69, 9.17) is 0 Å². The number of rotatable bonds is 5. The summed E-state index contributed by atoms with van der Waals surface area (Å²) in [6, 6.07) is 3.22. The molecule has 1 N–H and O–H groups in total. The van der Waals surface area contributed by atoms with Crippen LogP contribution in [0.2, 0.25) is 0 Å². The zero-order valence-electron chi connectivity index (χ0n) is 11.5. The molecule has 0 saturated carbocycles. The van der Waals surface area contributed by atoms with Crippen molar-refractivity contribution < 1.29 is 8.42 Å². The lowest BCUT2D eigenvalue weighted by atomic mass is 10.4. The van der Waals surface area contributed by atoms with Crippen LogP contribution in [0.15, 0.2) is 28.6 Å². The lowest BCUT2D eigenvalue weighted by molar-refractivity contribution is 0.588. The molecule has 0 bridgehead atoms. The monoisotopic (exact) mass is 312 g/mol. The molecule has 0 atom stereocenters. The molecule has 2 heterocycles. The molecule has 2 rings (SSSR count). The highest BCUT2D eigenvalue weighted by Crippen LogP contribution is 2.17. The van der Waals surface area contributed by atoms with Crippen LogP contribution < -0.4 is 9.62 Å². The second-order valence-electron chi connectivity index (χ2n) is 4.30. The molecular formula is C12H16N4O2S2. The van der Waals surface area contributed by atoms with Gasteiger partial charge in [-0.2, -0.15) is 0 Å². The summed E-state index contributed by atoms with van der Waals surface area (Å²) in [4.78, 5) is 10.6. The molecule has 2 aromatic rings. The fourth-order valence-corrected chi connectivity index (χ4v) is 3.13. The number of sulfonamides is 1. The van der Waals surface area contributed by atoms with Crippen LogP contribution >= 0.6 is 11.3 Å². The largest absolute Gasteiger partial charge is 0.353 e. The predicted molar refractivity (Wildman–Crippen MR) is 79.4 cm³/mol.